The number of pyridine rings is 1. The number of carboxylic acid groups (broad SMARTS) is 1. The fourth-order valence-electron chi connectivity index (χ4n) is 5.98. The number of thiazole rings is 1. The number of amides is 4. The lowest BCUT2D eigenvalue weighted by Gasteiger charge is -2.50. The zero-order chi connectivity index (χ0) is 35.7. The van der Waals surface area contributed by atoms with Crippen LogP contribution >= 0.6 is 23.1 Å². The average Bonchev–Trinajstić information content (AvgIpc) is 3.72. The van der Waals surface area contributed by atoms with Gasteiger partial charge in [0.2, 0.25) is 11.8 Å². The van der Waals surface area contributed by atoms with E-state index in [1.165, 1.54) is 23.8 Å². The second-order valence-electron chi connectivity index (χ2n) is 11.2. The number of nitrogens with two attached hydrogens (primary N) is 1. The van der Waals surface area contributed by atoms with Crippen LogP contribution < -0.4 is 21.7 Å². The van der Waals surface area contributed by atoms with Gasteiger partial charge in [-0.1, -0.05) is 11.2 Å². The Balaban J connectivity index is 1.37. The van der Waals surface area contributed by atoms with Gasteiger partial charge in [0, 0.05) is 59.7 Å². The van der Waals surface area contributed by atoms with E-state index >= 15 is 0 Å². The highest BCUT2D eigenvalue weighted by Crippen LogP contribution is 2.47. The van der Waals surface area contributed by atoms with Crippen LogP contribution in [0.25, 0.3) is 0 Å². The third-order valence-corrected chi connectivity index (χ3v) is 10.1. The Morgan fingerprint density at radius 1 is 1.24 bits per heavy atom. The van der Waals surface area contributed by atoms with E-state index in [4.69, 9.17) is 5.73 Å². The number of phenols is 1. The molecule has 0 bridgehead atoms. The quantitative estimate of drug-likeness (QED) is 0.0393. The molecular formula is C31H27FN8O8S2. The van der Waals surface area contributed by atoms with Crippen molar-refractivity contribution in [3.63, 3.8) is 0 Å². The molecule has 16 nitrogen and oxygen atoms in total. The number of β-lactam (4-membered cyclic amide) rings is 1. The maximum atomic E-state index is 14.0. The highest BCUT2D eigenvalue weighted by atomic mass is 32.2. The molecule has 6 rings (SSSR count). The zero-order valence-electron chi connectivity index (χ0n) is 25.6. The molecule has 0 saturated carbocycles. The summed E-state index contributed by atoms with van der Waals surface area (Å²) >= 11 is 2.13. The van der Waals surface area contributed by atoms with Gasteiger partial charge in [0.05, 0.1) is 0 Å². The molecule has 2 fully saturated rings. The number of phenolic OH excluding ortho intramolecular Hbond substituents is 1. The summed E-state index contributed by atoms with van der Waals surface area (Å²) in [6.07, 6.45) is 2.82. The number of rotatable bonds is 10. The number of halogens is 1. The number of aliphatic carboxylic acids is 1. The number of carbonyl (C=O) groups excluding carboxylic acids is 4. The summed E-state index contributed by atoms with van der Waals surface area (Å²) in [6, 6.07) is 5.38. The van der Waals surface area contributed by atoms with Crippen molar-refractivity contribution in [1.29, 1.82) is 0 Å². The number of nitrogens with one attached hydrogen (secondary N) is 3. The molecule has 3 aliphatic heterocycles. The van der Waals surface area contributed by atoms with Crippen LogP contribution in [0.1, 0.15) is 30.0 Å². The molecule has 3 atom stereocenters. The summed E-state index contributed by atoms with van der Waals surface area (Å²) in [5.41, 5.74) is 5.76. The number of fused-ring (bicyclic) bond motifs is 1. The summed E-state index contributed by atoms with van der Waals surface area (Å²) in [4.78, 5) is 75.3. The normalized spacial score (nSPS) is 20.4. The number of nitrogen functional groups attached to an aromatic ring is 1. The van der Waals surface area contributed by atoms with Crippen LogP contribution in [-0.2, 0) is 24.0 Å². The Bertz CT molecular complexity index is 2020. The van der Waals surface area contributed by atoms with Crippen molar-refractivity contribution in [2.75, 3.05) is 23.3 Å². The van der Waals surface area contributed by atoms with Gasteiger partial charge < -0.3 is 37.1 Å². The van der Waals surface area contributed by atoms with Crippen LogP contribution in [0.4, 0.5) is 15.2 Å². The molecule has 1 aromatic carbocycles. The van der Waals surface area contributed by atoms with E-state index in [-0.39, 0.29) is 58.4 Å². The number of hydrogen-bond donors (Lipinski definition) is 7. The Hall–Kier alpha value is -5.82. The molecule has 3 aliphatic rings. The minimum Gasteiger partial charge on any atom is -0.505 e. The van der Waals surface area contributed by atoms with Crippen LogP contribution in [0.3, 0.4) is 0 Å². The topological polar surface area (TPSA) is 250 Å². The molecular weight excluding hydrogens is 696 g/mol. The average molecular weight is 723 g/mol. The van der Waals surface area contributed by atoms with Crippen LogP contribution in [0.15, 0.2) is 75.7 Å². The van der Waals surface area contributed by atoms with Gasteiger partial charge in [-0.05, 0) is 41.3 Å². The molecule has 3 aromatic rings. The van der Waals surface area contributed by atoms with E-state index in [1.54, 1.807) is 12.1 Å². The van der Waals surface area contributed by atoms with Gasteiger partial charge in [0.1, 0.15) is 22.8 Å². The molecule has 0 radical (unpaired) electrons. The lowest BCUT2D eigenvalue weighted by atomic mass is 9.80. The monoisotopic (exact) mass is 722 g/mol. The van der Waals surface area contributed by atoms with Crippen molar-refractivity contribution in [3.8, 4) is 5.75 Å². The molecule has 8 N–H and O–H groups in total. The minimum atomic E-state index is -1.48. The van der Waals surface area contributed by atoms with Crippen molar-refractivity contribution in [2.45, 2.75) is 30.2 Å². The summed E-state index contributed by atoms with van der Waals surface area (Å²) in [7, 11) is 0. The Labute approximate surface area is 290 Å². The molecule has 2 aromatic heterocycles. The number of carbonyl (C=O) groups is 5. The standard InChI is InChI=1S/C31H27FN8O8S2/c32-18-8-14(3-4-20(18)41)36-21(42)9-16(13-2-1-6-34-10-13)22(15-5-7-35-26(15)43)17-11-49-29-24(28(45)40(29)25(17)30(46)47)38-27(44)23(39-48)19-12-50-31(33)37-19/h1-4,6,8,10,12,16,24,29,41,48H,5,7,9,11H2,(H2,33,37)(H,35,43)(H,36,42)(H,38,44)(H,46,47)/t16?,24-,29-/m1/s1. The fraction of sp³-hybridized carbons (Fsp3) is 0.226. The molecule has 0 spiro atoms. The molecule has 4 amide bonds. The first-order chi connectivity index (χ1) is 24.0. The Morgan fingerprint density at radius 2 is 2.04 bits per heavy atom. The Kier molecular flexibility index (Phi) is 9.51. The van der Waals surface area contributed by atoms with E-state index in [1.807, 2.05) is 0 Å². The van der Waals surface area contributed by atoms with E-state index in [0.29, 0.717) is 5.56 Å². The molecule has 1 unspecified atom stereocenters. The summed E-state index contributed by atoms with van der Waals surface area (Å²) < 4.78 is 14.0. The zero-order valence-corrected chi connectivity index (χ0v) is 27.3. The highest BCUT2D eigenvalue weighted by molar-refractivity contribution is 8.00. The van der Waals surface area contributed by atoms with Crippen LogP contribution in [0.2, 0.25) is 0 Å². The number of carboxylic acids is 1. The van der Waals surface area contributed by atoms with Crippen LogP contribution in [-0.4, -0.2) is 89.3 Å². The van der Waals surface area contributed by atoms with Gasteiger partial charge in [-0.2, -0.15) is 0 Å². The SMILES string of the molecule is Nc1nc(C(=NO)C(=O)N[C@@H]2C(=O)N3C(C(=O)O)=C(C(=C4CCNC4=O)C(CC(=O)Nc4ccc(O)c(F)c4)c4cccnc4)CS[C@H]23)cs1. The first-order valence-corrected chi connectivity index (χ1v) is 16.8. The molecule has 19 heteroatoms. The maximum Gasteiger partial charge on any atom is 0.352 e. The molecule has 5 heterocycles. The number of benzene rings is 1. The van der Waals surface area contributed by atoms with Gasteiger partial charge in [-0.3, -0.25) is 29.1 Å². The predicted molar refractivity (Wildman–Crippen MR) is 177 cm³/mol. The molecule has 50 heavy (non-hydrogen) atoms. The van der Waals surface area contributed by atoms with Gasteiger partial charge >= 0.3 is 5.97 Å². The largest absolute Gasteiger partial charge is 0.505 e. The maximum absolute atomic E-state index is 14.0. The van der Waals surface area contributed by atoms with E-state index in [2.05, 4.69) is 31.1 Å². The van der Waals surface area contributed by atoms with Crippen molar-refractivity contribution >= 4 is 69.2 Å². The molecule has 258 valence electrons. The van der Waals surface area contributed by atoms with Gasteiger partial charge in [0.25, 0.3) is 11.8 Å². The number of allylic oxidation sites excluding steroid dienone is 1. The third-order valence-electron chi connectivity index (χ3n) is 8.18. The minimum absolute atomic E-state index is 0.0204. The lowest BCUT2D eigenvalue weighted by Crippen LogP contribution is -2.71. The van der Waals surface area contributed by atoms with E-state index < -0.39 is 69.9 Å². The van der Waals surface area contributed by atoms with Crippen molar-refractivity contribution in [3.05, 3.63) is 87.6 Å². The predicted octanol–water partition coefficient (Wildman–Crippen LogP) is 1.51. The third kappa shape index (κ3) is 6.47. The number of nitrogens with zero attached hydrogens (tertiary/aromatic N) is 4. The number of anilines is 2. The van der Waals surface area contributed by atoms with Gasteiger partial charge in [0.15, 0.2) is 22.4 Å². The van der Waals surface area contributed by atoms with Crippen molar-refractivity contribution in [1.82, 2.24) is 25.5 Å². The second-order valence-corrected chi connectivity index (χ2v) is 13.2. The highest BCUT2D eigenvalue weighted by Gasteiger charge is 2.55. The number of thioether (sulfide) groups is 1. The van der Waals surface area contributed by atoms with Crippen LogP contribution in [0, 0.1) is 5.82 Å². The number of hydrogen-bond acceptors (Lipinski definition) is 13. The van der Waals surface area contributed by atoms with Gasteiger partial charge in [-0.25, -0.2) is 14.2 Å². The van der Waals surface area contributed by atoms with Gasteiger partial charge in [-0.15, -0.1) is 23.1 Å². The summed E-state index contributed by atoms with van der Waals surface area (Å²) in [6.45, 7) is 0.248. The number of aromatic hydroxyl groups is 1. The smallest absolute Gasteiger partial charge is 0.352 e. The Morgan fingerprint density at radius 3 is 2.66 bits per heavy atom. The van der Waals surface area contributed by atoms with Crippen molar-refractivity contribution in [2.24, 2.45) is 5.16 Å². The first kappa shape index (κ1) is 34.1. The first-order valence-electron chi connectivity index (χ1n) is 14.8. The fourth-order valence-corrected chi connectivity index (χ4v) is 7.89. The lowest BCUT2D eigenvalue weighted by molar-refractivity contribution is -0.150. The number of aromatic nitrogens is 2. The molecule has 0 aliphatic carbocycles. The van der Waals surface area contributed by atoms with E-state index in [9.17, 15) is 43.8 Å². The van der Waals surface area contributed by atoms with Crippen molar-refractivity contribution < 1.29 is 43.8 Å². The summed E-state index contributed by atoms with van der Waals surface area (Å²) in [5.74, 6) is -6.84. The molecule has 2 saturated heterocycles. The number of oxime groups is 1. The van der Waals surface area contributed by atoms with E-state index in [0.717, 1.165) is 40.1 Å². The summed E-state index contributed by atoms with van der Waals surface area (Å²) in [5, 5.41) is 41.0. The second kappa shape index (κ2) is 14.0. The van der Waals surface area contributed by atoms with Crippen LogP contribution in [0.5, 0.6) is 5.75 Å².